The molecular weight excluding hydrogens is 371 g/mol. The summed E-state index contributed by atoms with van der Waals surface area (Å²) in [5.74, 6) is 1.33. The van der Waals surface area contributed by atoms with Crippen molar-refractivity contribution >= 4 is 17.4 Å². The van der Waals surface area contributed by atoms with Gasteiger partial charge >= 0.3 is 6.18 Å². The summed E-state index contributed by atoms with van der Waals surface area (Å²) in [6.45, 7) is 5.43. The second-order valence-electron chi connectivity index (χ2n) is 7.01. The van der Waals surface area contributed by atoms with E-state index in [1.807, 2.05) is 31.9 Å². The summed E-state index contributed by atoms with van der Waals surface area (Å²) in [7, 11) is 1.85. The van der Waals surface area contributed by atoms with Crippen molar-refractivity contribution in [2.75, 3.05) is 36.9 Å². The molecule has 3 rings (SSSR count). The van der Waals surface area contributed by atoms with Gasteiger partial charge in [-0.3, -0.25) is 9.69 Å². The first-order valence-electron chi connectivity index (χ1n) is 8.86. The summed E-state index contributed by atoms with van der Waals surface area (Å²) >= 11 is 0. The Hall–Kier alpha value is -2.68. The van der Waals surface area contributed by atoms with Crippen LogP contribution in [0, 0.1) is 13.8 Å². The third kappa shape index (κ3) is 4.78. The van der Waals surface area contributed by atoms with Gasteiger partial charge in [0.05, 0.1) is 12.1 Å². The highest BCUT2D eigenvalue weighted by Crippen LogP contribution is 2.29. The summed E-state index contributed by atoms with van der Waals surface area (Å²) in [4.78, 5) is 24.9. The first kappa shape index (κ1) is 20.1. The van der Waals surface area contributed by atoms with E-state index < -0.39 is 11.7 Å². The maximum atomic E-state index is 12.6. The Bertz CT molecular complexity index is 827. The SMILES string of the molecule is Cc1cc(N2CC(N(C)CC(=O)Nc3ccc(C(F)(F)F)cc3)C2)nc(C)n1. The molecule has 0 unspecified atom stereocenters. The molecule has 0 bridgehead atoms. The standard InChI is InChI=1S/C19H22F3N5O/c1-12-8-17(24-13(2)23-12)27-9-16(10-27)26(3)11-18(28)25-15-6-4-14(5-7-15)19(20,21)22/h4-8,16H,9-11H2,1-3H3,(H,25,28). The molecule has 1 fully saturated rings. The lowest BCUT2D eigenvalue weighted by molar-refractivity contribution is -0.137. The molecule has 0 saturated carbocycles. The zero-order valence-corrected chi connectivity index (χ0v) is 15.9. The van der Waals surface area contributed by atoms with Gasteiger partial charge in [0.2, 0.25) is 5.91 Å². The van der Waals surface area contributed by atoms with Crippen LogP contribution in [0.4, 0.5) is 24.7 Å². The number of likely N-dealkylation sites (N-methyl/N-ethyl adjacent to an activating group) is 1. The number of anilines is 2. The number of rotatable bonds is 5. The monoisotopic (exact) mass is 393 g/mol. The van der Waals surface area contributed by atoms with Crippen molar-refractivity contribution in [1.29, 1.82) is 0 Å². The number of hydrogen-bond acceptors (Lipinski definition) is 5. The van der Waals surface area contributed by atoms with E-state index >= 15 is 0 Å². The van der Waals surface area contributed by atoms with Crippen LogP contribution in [0.2, 0.25) is 0 Å². The third-order valence-corrected chi connectivity index (χ3v) is 4.65. The molecule has 0 aliphatic carbocycles. The van der Waals surface area contributed by atoms with Crippen LogP contribution in [0.5, 0.6) is 0 Å². The van der Waals surface area contributed by atoms with E-state index in [4.69, 9.17) is 0 Å². The largest absolute Gasteiger partial charge is 0.416 e. The number of hydrogen-bond donors (Lipinski definition) is 1. The highest BCUT2D eigenvalue weighted by Gasteiger charge is 2.32. The number of nitrogens with zero attached hydrogens (tertiary/aromatic N) is 4. The smallest absolute Gasteiger partial charge is 0.353 e. The van der Waals surface area contributed by atoms with Crippen molar-refractivity contribution < 1.29 is 18.0 Å². The Morgan fingerprint density at radius 3 is 2.43 bits per heavy atom. The van der Waals surface area contributed by atoms with Crippen LogP contribution < -0.4 is 10.2 Å². The molecule has 1 aliphatic rings. The number of alkyl halides is 3. The molecule has 1 N–H and O–H groups in total. The zero-order chi connectivity index (χ0) is 20.5. The van der Waals surface area contributed by atoms with E-state index in [0.717, 1.165) is 42.6 Å². The van der Waals surface area contributed by atoms with Gasteiger partial charge in [-0.05, 0) is 45.2 Å². The van der Waals surface area contributed by atoms with Gasteiger partial charge in [-0.2, -0.15) is 13.2 Å². The minimum atomic E-state index is -4.39. The minimum Gasteiger partial charge on any atom is -0.353 e. The topological polar surface area (TPSA) is 61.4 Å². The average Bonchev–Trinajstić information content (AvgIpc) is 2.51. The Morgan fingerprint density at radius 2 is 1.86 bits per heavy atom. The molecule has 0 atom stereocenters. The molecule has 6 nitrogen and oxygen atoms in total. The maximum Gasteiger partial charge on any atom is 0.416 e. The van der Waals surface area contributed by atoms with Crippen LogP contribution in [0.3, 0.4) is 0 Å². The van der Waals surface area contributed by atoms with Crippen LogP contribution in [0.15, 0.2) is 30.3 Å². The minimum absolute atomic E-state index is 0.154. The molecule has 0 spiro atoms. The number of nitrogens with one attached hydrogen (secondary N) is 1. The number of benzene rings is 1. The van der Waals surface area contributed by atoms with Crippen LogP contribution >= 0.6 is 0 Å². The zero-order valence-electron chi connectivity index (χ0n) is 15.9. The Morgan fingerprint density at radius 1 is 1.21 bits per heavy atom. The van der Waals surface area contributed by atoms with E-state index in [1.165, 1.54) is 12.1 Å². The number of aromatic nitrogens is 2. The van der Waals surface area contributed by atoms with E-state index in [1.54, 1.807) is 0 Å². The quantitative estimate of drug-likeness (QED) is 0.847. The Balaban J connectivity index is 1.49. The summed E-state index contributed by atoms with van der Waals surface area (Å²) < 4.78 is 37.7. The van der Waals surface area contributed by atoms with Crippen LogP contribution in [-0.2, 0) is 11.0 Å². The molecule has 150 valence electrons. The van der Waals surface area contributed by atoms with Crippen LogP contribution in [0.25, 0.3) is 0 Å². The number of halogens is 3. The maximum absolute atomic E-state index is 12.6. The van der Waals surface area contributed by atoms with E-state index in [0.29, 0.717) is 5.69 Å². The van der Waals surface area contributed by atoms with Gasteiger partial charge in [0.25, 0.3) is 0 Å². The lowest BCUT2D eigenvalue weighted by Gasteiger charge is -2.44. The Labute approximate surface area is 161 Å². The van der Waals surface area contributed by atoms with Gasteiger partial charge in [0.15, 0.2) is 0 Å². The molecule has 1 saturated heterocycles. The molecule has 9 heteroatoms. The second-order valence-corrected chi connectivity index (χ2v) is 7.01. The van der Waals surface area contributed by atoms with Crippen molar-refractivity contribution in [2.24, 2.45) is 0 Å². The van der Waals surface area contributed by atoms with Gasteiger partial charge in [0, 0.05) is 36.6 Å². The third-order valence-electron chi connectivity index (χ3n) is 4.65. The second kappa shape index (κ2) is 7.75. The molecule has 0 radical (unpaired) electrons. The first-order valence-corrected chi connectivity index (χ1v) is 8.86. The normalized spacial score (nSPS) is 14.9. The predicted octanol–water partition coefficient (Wildman–Crippen LogP) is 2.87. The summed E-state index contributed by atoms with van der Waals surface area (Å²) in [6, 6.07) is 6.55. The molecule has 1 aliphatic heterocycles. The summed E-state index contributed by atoms with van der Waals surface area (Å²) in [6.07, 6.45) is -4.39. The Kier molecular flexibility index (Phi) is 5.55. The summed E-state index contributed by atoms with van der Waals surface area (Å²) in [5.41, 5.74) is 0.510. The van der Waals surface area contributed by atoms with Crippen molar-refractivity contribution in [3.05, 3.63) is 47.4 Å². The molecule has 1 aromatic heterocycles. The van der Waals surface area contributed by atoms with Crippen molar-refractivity contribution in [1.82, 2.24) is 14.9 Å². The van der Waals surface area contributed by atoms with Gasteiger partial charge in [0.1, 0.15) is 11.6 Å². The van der Waals surface area contributed by atoms with E-state index in [2.05, 4.69) is 20.2 Å². The number of aryl methyl sites for hydroxylation is 2. The van der Waals surface area contributed by atoms with E-state index in [9.17, 15) is 18.0 Å². The fraction of sp³-hybridized carbons (Fsp3) is 0.421. The molecule has 2 heterocycles. The predicted molar refractivity (Wildman–Crippen MR) is 100 cm³/mol. The lowest BCUT2D eigenvalue weighted by atomic mass is 10.1. The van der Waals surface area contributed by atoms with Crippen LogP contribution in [-0.4, -0.2) is 53.5 Å². The fourth-order valence-electron chi connectivity index (χ4n) is 3.08. The van der Waals surface area contributed by atoms with Crippen molar-refractivity contribution in [2.45, 2.75) is 26.1 Å². The number of carbonyl (C=O) groups is 1. The van der Waals surface area contributed by atoms with E-state index in [-0.39, 0.29) is 18.5 Å². The van der Waals surface area contributed by atoms with Crippen molar-refractivity contribution in [3.8, 4) is 0 Å². The molecule has 28 heavy (non-hydrogen) atoms. The fourth-order valence-corrected chi connectivity index (χ4v) is 3.08. The van der Waals surface area contributed by atoms with Gasteiger partial charge in [-0.25, -0.2) is 9.97 Å². The number of carbonyl (C=O) groups excluding carboxylic acids is 1. The van der Waals surface area contributed by atoms with Gasteiger partial charge in [-0.15, -0.1) is 0 Å². The van der Waals surface area contributed by atoms with Gasteiger partial charge in [-0.1, -0.05) is 0 Å². The average molecular weight is 393 g/mol. The molecule has 2 aromatic rings. The van der Waals surface area contributed by atoms with Gasteiger partial charge < -0.3 is 10.2 Å². The van der Waals surface area contributed by atoms with Crippen LogP contribution in [0.1, 0.15) is 17.1 Å². The highest BCUT2D eigenvalue weighted by molar-refractivity contribution is 5.92. The molecule has 1 aromatic carbocycles. The summed E-state index contributed by atoms with van der Waals surface area (Å²) in [5, 5.41) is 2.63. The first-order chi connectivity index (χ1) is 13.1. The van der Waals surface area contributed by atoms with Crippen molar-refractivity contribution in [3.63, 3.8) is 0 Å². The molecular formula is C19H22F3N5O. The number of amides is 1. The highest BCUT2D eigenvalue weighted by atomic mass is 19.4. The lowest BCUT2D eigenvalue weighted by Crippen LogP contribution is -2.59. The molecule has 1 amide bonds.